The standard InChI is InChI=1S/C18H24FN3O2/c1-5-13(20)16(10(2)23)18-17(15(24)9-22(3)4)12-8-11(19)6-7-14(12)21-18/h6-8,15,21,24H,5,9,20H2,1-4H3. The Morgan fingerprint density at radius 3 is 2.62 bits per heavy atom. The molecular weight excluding hydrogens is 309 g/mol. The van der Waals surface area contributed by atoms with Gasteiger partial charge in [-0.2, -0.15) is 0 Å². The van der Waals surface area contributed by atoms with Gasteiger partial charge in [0, 0.05) is 28.7 Å². The number of nitrogens with two attached hydrogens (primary N) is 1. The SMILES string of the molecule is CCC(N)=C(C(C)=O)c1[nH]c2ccc(F)cc2c1C(O)CN(C)C. The van der Waals surface area contributed by atoms with Gasteiger partial charge in [-0.05, 0) is 45.6 Å². The van der Waals surface area contributed by atoms with Crippen LogP contribution in [0.25, 0.3) is 16.5 Å². The van der Waals surface area contributed by atoms with E-state index in [0.717, 1.165) is 0 Å². The molecule has 0 bridgehead atoms. The van der Waals surface area contributed by atoms with Crippen LogP contribution in [0.3, 0.4) is 0 Å². The summed E-state index contributed by atoms with van der Waals surface area (Å²) in [5.41, 5.74) is 8.46. The van der Waals surface area contributed by atoms with Crippen LogP contribution < -0.4 is 5.73 Å². The number of carbonyl (C=O) groups excluding carboxylic acids is 1. The summed E-state index contributed by atoms with van der Waals surface area (Å²) in [6, 6.07) is 4.30. The number of likely N-dealkylation sites (N-methyl/N-ethyl adjacent to an activating group) is 1. The van der Waals surface area contributed by atoms with Gasteiger partial charge in [0.05, 0.1) is 17.4 Å². The van der Waals surface area contributed by atoms with E-state index in [4.69, 9.17) is 5.73 Å². The summed E-state index contributed by atoms with van der Waals surface area (Å²) in [6.07, 6.45) is -0.383. The van der Waals surface area contributed by atoms with Gasteiger partial charge in [-0.3, -0.25) is 4.79 Å². The van der Waals surface area contributed by atoms with Crippen LogP contribution in [0.1, 0.15) is 37.6 Å². The lowest BCUT2D eigenvalue weighted by atomic mass is 9.96. The van der Waals surface area contributed by atoms with Gasteiger partial charge < -0.3 is 20.7 Å². The molecule has 0 aliphatic heterocycles. The number of fused-ring (bicyclic) bond motifs is 1. The van der Waals surface area contributed by atoms with Crippen LogP contribution >= 0.6 is 0 Å². The molecule has 1 aromatic carbocycles. The molecule has 2 rings (SSSR count). The van der Waals surface area contributed by atoms with Crippen molar-refractivity contribution in [3.8, 4) is 0 Å². The average molecular weight is 333 g/mol. The van der Waals surface area contributed by atoms with E-state index in [9.17, 15) is 14.3 Å². The third-order valence-corrected chi connectivity index (χ3v) is 3.98. The number of hydrogen-bond donors (Lipinski definition) is 3. The second-order valence-electron chi connectivity index (χ2n) is 6.19. The number of hydrogen-bond acceptors (Lipinski definition) is 4. The van der Waals surface area contributed by atoms with Crippen LogP contribution in [0.2, 0.25) is 0 Å². The van der Waals surface area contributed by atoms with E-state index >= 15 is 0 Å². The van der Waals surface area contributed by atoms with Crippen molar-refractivity contribution in [3.05, 3.63) is 41.0 Å². The summed E-state index contributed by atoms with van der Waals surface area (Å²) in [7, 11) is 3.67. The molecule has 0 aliphatic rings. The zero-order valence-corrected chi connectivity index (χ0v) is 14.5. The van der Waals surface area contributed by atoms with E-state index < -0.39 is 11.9 Å². The van der Waals surface area contributed by atoms with Gasteiger partial charge in [-0.25, -0.2) is 4.39 Å². The highest BCUT2D eigenvalue weighted by Crippen LogP contribution is 2.34. The Kier molecular flexibility index (Phi) is 5.41. The van der Waals surface area contributed by atoms with Gasteiger partial charge >= 0.3 is 0 Å². The number of Topliss-reactive ketones (excluding diaryl/α,β-unsaturated/α-hetero) is 1. The summed E-state index contributed by atoms with van der Waals surface area (Å²) in [5.74, 6) is -0.595. The number of benzene rings is 1. The Labute approximate surface area is 141 Å². The van der Waals surface area contributed by atoms with Gasteiger partial charge in [-0.1, -0.05) is 6.92 Å². The maximum Gasteiger partial charge on any atom is 0.163 e. The number of aliphatic hydroxyl groups excluding tert-OH is 1. The zero-order valence-electron chi connectivity index (χ0n) is 14.5. The minimum absolute atomic E-state index is 0.195. The van der Waals surface area contributed by atoms with Gasteiger partial charge in [0.2, 0.25) is 0 Å². The molecule has 0 fully saturated rings. The van der Waals surface area contributed by atoms with E-state index in [1.807, 2.05) is 25.9 Å². The molecule has 0 radical (unpaired) electrons. The number of nitrogens with zero attached hydrogens (tertiary/aromatic N) is 1. The van der Waals surface area contributed by atoms with Gasteiger partial charge in [0.15, 0.2) is 5.78 Å². The molecule has 1 atom stereocenters. The second kappa shape index (κ2) is 7.15. The molecule has 1 aromatic heterocycles. The maximum absolute atomic E-state index is 13.7. The molecule has 2 aromatic rings. The Balaban J connectivity index is 2.79. The largest absolute Gasteiger partial charge is 0.401 e. The van der Waals surface area contributed by atoms with E-state index in [0.29, 0.717) is 46.4 Å². The fraction of sp³-hybridized carbons (Fsp3) is 0.389. The Morgan fingerprint density at radius 2 is 2.08 bits per heavy atom. The molecule has 0 spiro atoms. The Hall–Kier alpha value is -2.18. The fourth-order valence-electron chi connectivity index (χ4n) is 2.90. The predicted octanol–water partition coefficient (Wildman–Crippen LogP) is 2.57. The van der Waals surface area contributed by atoms with Gasteiger partial charge in [0.25, 0.3) is 0 Å². The minimum Gasteiger partial charge on any atom is -0.401 e. The minimum atomic E-state index is -0.885. The fourth-order valence-corrected chi connectivity index (χ4v) is 2.90. The summed E-state index contributed by atoms with van der Waals surface area (Å²) in [6.45, 7) is 3.64. The first-order valence-corrected chi connectivity index (χ1v) is 7.90. The van der Waals surface area contributed by atoms with Crippen LogP contribution in [0.4, 0.5) is 4.39 Å². The molecule has 130 valence electrons. The molecule has 0 aliphatic carbocycles. The van der Waals surface area contributed by atoms with Crippen molar-refractivity contribution in [2.45, 2.75) is 26.4 Å². The lowest BCUT2D eigenvalue weighted by Gasteiger charge is -2.18. The molecule has 1 unspecified atom stereocenters. The highest BCUT2D eigenvalue weighted by molar-refractivity contribution is 6.21. The van der Waals surface area contributed by atoms with E-state index in [-0.39, 0.29) is 5.78 Å². The van der Waals surface area contributed by atoms with Crippen LogP contribution in [-0.4, -0.2) is 41.4 Å². The number of aromatic amines is 1. The quantitative estimate of drug-likeness (QED) is 0.710. The monoisotopic (exact) mass is 333 g/mol. The van der Waals surface area contributed by atoms with Crippen molar-refractivity contribution < 1.29 is 14.3 Å². The van der Waals surface area contributed by atoms with Gasteiger partial charge in [-0.15, -0.1) is 0 Å². The van der Waals surface area contributed by atoms with Crippen molar-refractivity contribution in [2.75, 3.05) is 20.6 Å². The molecule has 5 nitrogen and oxygen atoms in total. The molecule has 24 heavy (non-hydrogen) atoms. The summed E-state index contributed by atoms with van der Waals surface area (Å²) < 4.78 is 13.7. The van der Waals surface area contributed by atoms with Crippen molar-refractivity contribution in [3.63, 3.8) is 0 Å². The summed E-state index contributed by atoms with van der Waals surface area (Å²) >= 11 is 0. The number of ketones is 1. The summed E-state index contributed by atoms with van der Waals surface area (Å²) in [5, 5.41) is 11.2. The summed E-state index contributed by atoms with van der Waals surface area (Å²) in [4.78, 5) is 17.1. The molecular formula is C18H24FN3O2. The number of H-pyrrole nitrogens is 1. The van der Waals surface area contributed by atoms with Crippen molar-refractivity contribution in [1.82, 2.24) is 9.88 Å². The lowest BCUT2D eigenvalue weighted by Crippen LogP contribution is -2.21. The van der Waals surface area contributed by atoms with Crippen LogP contribution in [0.5, 0.6) is 0 Å². The third-order valence-electron chi connectivity index (χ3n) is 3.98. The topological polar surface area (TPSA) is 82.3 Å². The Bertz CT molecular complexity index is 793. The molecule has 0 saturated carbocycles. The van der Waals surface area contributed by atoms with Crippen molar-refractivity contribution in [1.29, 1.82) is 0 Å². The van der Waals surface area contributed by atoms with Crippen molar-refractivity contribution >= 4 is 22.3 Å². The normalized spacial score (nSPS) is 14.1. The number of allylic oxidation sites excluding steroid dienone is 2. The third kappa shape index (κ3) is 3.49. The van der Waals surface area contributed by atoms with E-state index in [2.05, 4.69) is 4.98 Å². The van der Waals surface area contributed by atoms with Gasteiger partial charge in [0.1, 0.15) is 5.82 Å². The first kappa shape index (κ1) is 18.2. The van der Waals surface area contributed by atoms with E-state index in [1.165, 1.54) is 19.1 Å². The molecule has 6 heteroatoms. The Morgan fingerprint density at radius 1 is 1.42 bits per heavy atom. The molecule has 0 amide bonds. The van der Waals surface area contributed by atoms with Crippen LogP contribution in [-0.2, 0) is 4.79 Å². The second-order valence-corrected chi connectivity index (χ2v) is 6.19. The number of halogens is 1. The number of rotatable bonds is 6. The first-order chi connectivity index (χ1) is 11.3. The highest BCUT2D eigenvalue weighted by Gasteiger charge is 2.25. The zero-order chi connectivity index (χ0) is 18.0. The lowest BCUT2D eigenvalue weighted by molar-refractivity contribution is -0.111. The number of aliphatic hydroxyl groups is 1. The first-order valence-electron chi connectivity index (χ1n) is 7.90. The molecule has 0 saturated heterocycles. The predicted molar refractivity (Wildman–Crippen MR) is 93.8 cm³/mol. The average Bonchev–Trinajstić information content (AvgIpc) is 2.83. The van der Waals surface area contributed by atoms with Crippen LogP contribution in [0, 0.1) is 5.82 Å². The van der Waals surface area contributed by atoms with Crippen LogP contribution in [0.15, 0.2) is 23.9 Å². The number of carbonyl (C=O) groups is 1. The van der Waals surface area contributed by atoms with Crippen molar-refractivity contribution in [2.24, 2.45) is 5.73 Å². The smallest absolute Gasteiger partial charge is 0.163 e. The molecule has 4 N–H and O–H groups in total. The number of aromatic nitrogens is 1. The highest BCUT2D eigenvalue weighted by atomic mass is 19.1. The number of nitrogens with one attached hydrogen (secondary N) is 1. The van der Waals surface area contributed by atoms with E-state index in [1.54, 1.807) is 6.07 Å². The maximum atomic E-state index is 13.7. The molecule has 1 heterocycles.